The highest BCUT2D eigenvalue weighted by molar-refractivity contribution is 4.73. The van der Waals surface area contributed by atoms with Gasteiger partial charge in [-0.3, -0.25) is 0 Å². The summed E-state index contributed by atoms with van der Waals surface area (Å²) >= 11 is 0. The molecule has 0 fully saturated rings. The fraction of sp³-hybridized carbons (Fsp3) is 0.889. The average molecular weight is 155 g/mol. The molecule has 0 spiro atoms. The molecule has 0 aromatic rings. The summed E-state index contributed by atoms with van der Waals surface area (Å²) in [4.78, 5) is 0. The van der Waals surface area contributed by atoms with E-state index in [2.05, 4.69) is 6.07 Å². The third-order valence-corrected chi connectivity index (χ3v) is 1.24. The molecule has 0 saturated carbocycles. The maximum absolute atomic E-state index is 8.36. The molecular formula is C9H17NO. The molecule has 0 aromatic carbocycles. The summed E-state index contributed by atoms with van der Waals surface area (Å²) in [6.45, 7) is 8.76. The van der Waals surface area contributed by atoms with Crippen molar-refractivity contribution in [2.45, 2.75) is 39.7 Å². The van der Waals surface area contributed by atoms with Crippen LogP contribution in [-0.4, -0.2) is 12.2 Å². The first-order valence-electron chi connectivity index (χ1n) is 3.96. The molecule has 1 atom stereocenters. The minimum absolute atomic E-state index is 0.0796. The summed E-state index contributed by atoms with van der Waals surface area (Å²) in [6.07, 6.45) is 0.579. The second kappa shape index (κ2) is 4.35. The van der Waals surface area contributed by atoms with Crippen molar-refractivity contribution < 1.29 is 4.74 Å². The first-order valence-corrected chi connectivity index (χ1v) is 3.96. The normalized spacial score (nSPS) is 14.1. The van der Waals surface area contributed by atoms with Crippen LogP contribution in [0.1, 0.15) is 34.1 Å². The fourth-order valence-corrected chi connectivity index (χ4v) is 0.607. The van der Waals surface area contributed by atoms with Gasteiger partial charge in [-0.1, -0.05) is 6.92 Å². The molecule has 2 heteroatoms. The molecule has 0 bridgehead atoms. The van der Waals surface area contributed by atoms with Crippen molar-refractivity contribution in [1.29, 1.82) is 5.26 Å². The van der Waals surface area contributed by atoms with Crippen LogP contribution in [0.25, 0.3) is 0 Å². The molecule has 2 nitrogen and oxygen atoms in total. The smallest absolute Gasteiger partial charge is 0.0625 e. The Balaban J connectivity index is 3.48. The third-order valence-electron chi connectivity index (χ3n) is 1.24. The van der Waals surface area contributed by atoms with Gasteiger partial charge in [0.2, 0.25) is 0 Å². The van der Waals surface area contributed by atoms with Gasteiger partial charge >= 0.3 is 0 Å². The van der Waals surface area contributed by atoms with Crippen LogP contribution in [0.4, 0.5) is 0 Å². The Bertz CT molecular complexity index is 141. The zero-order chi connectivity index (χ0) is 8.91. The van der Waals surface area contributed by atoms with Crippen molar-refractivity contribution in [2.75, 3.05) is 6.61 Å². The Morgan fingerprint density at radius 2 is 2.00 bits per heavy atom. The lowest BCUT2D eigenvalue weighted by Gasteiger charge is -2.21. The van der Waals surface area contributed by atoms with Gasteiger partial charge in [0.05, 0.1) is 18.3 Å². The fourth-order valence-electron chi connectivity index (χ4n) is 0.607. The lowest BCUT2D eigenvalue weighted by molar-refractivity contribution is -0.0187. The van der Waals surface area contributed by atoms with Crippen molar-refractivity contribution in [3.8, 4) is 6.07 Å². The Kier molecular flexibility index (Phi) is 4.14. The van der Waals surface area contributed by atoms with Crippen molar-refractivity contribution in [3.05, 3.63) is 0 Å². The van der Waals surface area contributed by atoms with E-state index in [4.69, 9.17) is 10.00 Å². The molecule has 11 heavy (non-hydrogen) atoms. The van der Waals surface area contributed by atoms with Gasteiger partial charge in [0.25, 0.3) is 0 Å². The zero-order valence-electron chi connectivity index (χ0n) is 7.85. The van der Waals surface area contributed by atoms with Crippen LogP contribution in [0.3, 0.4) is 0 Å². The molecule has 0 radical (unpaired) electrons. The maximum Gasteiger partial charge on any atom is 0.0625 e. The molecule has 0 aromatic heterocycles. The zero-order valence-corrected chi connectivity index (χ0v) is 7.85. The lowest BCUT2D eigenvalue weighted by atomic mass is 10.1. The Labute approximate surface area is 69.2 Å². The lowest BCUT2D eigenvalue weighted by Crippen LogP contribution is -2.22. The largest absolute Gasteiger partial charge is 0.376 e. The van der Waals surface area contributed by atoms with Crippen LogP contribution < -0.4 is 0 Å². The van der Waals surface area contributed by atoms with E-state index in [-0.39, 0.29) is 5.60 Å². The summed E-state index contributed by atoms with van der Waals surface area (Å²) in [6, 6.07) is 2.12. The van der Waals surface area contributed by atoms with Crippen LogP contribution in [0.2, 0.25) is 0 Å². The third kappa shape index (κ3) is 7.35. The molecule has 0 rings (SSSR count). The van der Waals surface area contributed by atoms with Gasteiger partial charge in [-0.05, 0) is 26.7 Å². The monoisotopic (exact) mass is 155 g/mol. The molecule has 0 N–H and O–H groups in total. The van der Waals surface area contributed by atoms with E-state index in [1.807, 2.05) is 27.7 Å². The van der Waals surface area contributed by atoms with Gasteiger partial charge < -0.3 is 4.74 Å². The Hall–Kier alpha value is -0.550. The second-order valence-electron chi connectivity index (χ2n) is 3.89. The SMILES string of the molecule is CC(CC#N)COC(C)(C)C. The molecule has 0 amide bonds. The van der Waals surface area contributed by atoms with Crippen LogP contribution in [0.5, 0.6) is 0 Å². The van der Waals surface area contributed by atoms with Crippen molar-refractivity contribution in [3.63, 3.8) is 0 Å². The highest BCUT2D eigenvalue weighted by Gasteiger charge is 2.11. The Morgan fingerprint density at radius 3 is 2.36 bits per heavy atom. The number of rotatable bonds is 3. The number of ether oxygens (including phenoxy) is 1. The number of nitriles is 1. The van der Waals surface area contributed by atoms with E-state index in [1.54, 1.807) is 0 Å². The topological polar surface area (TPSA) is 33.0 Å². The van der Waals surface area contributed by atoms with Gasteiger partial charge in [0.15, 0.2) is 0 Å². The summed E-state index contributed by atoms with van der Waals surface area (Å²) in [5.74, 6) is 0.347. The summed E-state index contributed by atoms with van der Waals surface area (Å²) < 4.78 is 5.49. The van der Waals surface area contributed by atoms with Gasteiger partial charge in [0, 0.05) is 6.42 Å². The van der Waals surface area contributed by atoms with Crippen molar-refractivity contribution in [1.82, 2.24) is 0 Å². The van der Waals surface area contributed by atoms with E-state index < -0.39 is 0 Å². The molecule has 64 valence electrons. The minimum Gasteiger partial charge on any atom is -0.376 e. The molecule has 0 heterocycles. The number of hydrogen-bond acceptors (Lipinski definition) is 2. The molecule has 0 aliphatic rings. The predicted octanol–water partition coefficient (Wildman–Crippen LogP) is 2.35. The van der Waals surface area contributed by atoms with Crippen molar-refractivity contribution in [2.24, 2.45) is 5.92 Å². The van der Waals surface area contributed by atoms with Gasteiger partial charge in [0.1, 0.15) is 0 Å². The van der Waals surface area contributed by atoms with Crippen molar-refractivity contribution >= 4 is 0 Å². The first kappa shape index (κ1) is 10.4. The van der Waals surface area contributed by atoms with Crippen LogP contribution in [-0.2, 0) is 4.74 Å². The van der Waals surface area contributed by atoms with Gasteiger partial charge in [-0.25, -0.2) is 0 Å². The highest BCUT2D eigenvalue weighted by atomic mass is 16.5. The molecule has 0 aliphatic carbocycles. The Morgan fingerprint density at radius 1 is 1.45 bits per heavy atom. The minimum atomic E-state index is -0.0796. The quantitative estimate of drug-likeness (QED) is 0.626. The molecule has 0 saturated heterocycles. The standard InChI is InChI=1S/C9H17NO/c1-8(5-6-10)7-11-9(2,3)4/h8H,5,7H2,1-4H3. The van der Waals surface area contributed by atoms with Gasteiger partial charge in [-0.15, -0.1) is 0 Å². The predicted molar refractivity (Wildman–Crippen MR) is 45.1 cm³/mol. The molecule has 0 aliphatic heterocycles. The van der Waals surface area contributed by atoms with E-state index in [0.717, 1.165) is 0 Å². The number of nitrogens with zero attached hydrogens (tertiary/aromatic N) is 1. The highest BCUT2D eigenvalue weighted by Crippen LogP contribution is 2.10. The van der Waals surface area contributed by atoms with Crippen LogP contribution in [0, 0.1) is 17.2 Å². The maximum atomic E-state index is 8.36. The number of hydrogen-bond donors (Lipinski definition) is 0. The summed E-state index contributed by atoms with van der Waals surface area (Å²) in [5, 5.41) is 8.36. The summed E-state index contributed by atoms with van der Waals surface area (Å²) in [7, 11) is 0. The molecular weight excluding hydrogens is 138 g/mol. The van der Waals surface area contributed by atoms with Crippen LogP contribution in [0.15, 0.2) is 0 Å². The van der Waals surface area contributed by atoms with Crippen LogP contribution >= 0.6 is 0 Å². The van der Waals surface area contributed by atoms with Gasteiger partial charge in [-0.2, -0.15) is 5.26 Å². The van der Waals surface area contributed by atoms with E-state index in [9.17, 15) is 0 Å². The first-order chi connectivity index (χ1) is 4.95. The van der Waals surface area contributed by atoms with E-state index in [0.29, 0.717) is 18.9 Å². The van der Waals surface area contributed by atoms with E-state index in [1.165, 1.54) is 0 Å². The molecule has 1 unspecified atom stereocenters. The average Bonchev–Trinajstić information content (AvgIpc) is 1.83. The second-order valence-corrected chi connectivity index (χ2v) is 3.89. The van der Waals surface area contributed by atoms with E-state index >= 15 is 0 Å². The summed E-state index contributed by atoms with van der Waals surface area (Å²) in [5.41, 5.74) is -0.0796.